The van der Waals surface area contributed by atoms with Gasteiger partial charge in [0.25, 0.3) is 0 Å². The van der Waals surface area contributed by atoms with Gasteiger partial charge in [-0.25, -0.2) is 0 Å². The molecule has 2 aromatic rings. The molecule has 2 atom stereocenters. The molecule has 1 aliphatic rings. The molecule has 3 heteroatoms. The first-order chi connectivity index (χ1) is 10.2. The molecular weight excluding hydrogens is 260 g/mol. The predicted octanol–water partition coefficient (Wildman–Crippen LogP) is 3.52. The van der Waals surface area contributed by atoms with Crippen molar-refractivity contribution in [3.63, 3.8) is 0 Å². The van der Waals surface area contributed by atoms with Crippen molar-refractivity contribution in [1.29, 1.82) is 0 Å². The molecule has 0 spiro atoms. The summed E-state index contributed by atoms with van der Waals surface area (Å²) in [4.78, 5) is 4.60. The highest BCUT2D eigenvalue weighted by molar-refractivity contribution is 5.41. The summed E-state index contributed by atoms with van der Waals surface area (Å²) in [6.07, 6.45) is 5.24. The summed E-state index contributed by atoms with van der Waals surface area (Å²) < 4.78 is 5.53. The summed E-state index contributed by atoms with van der Waals surface area (Å²) in [6.45, 7) is 2.06. The van der Waals surface area contributed by atoms with Crippen LogP contribution in [0, 0.1) is 6.92 Å². The van der Waals surface area contributed by atoms with Gasteiger partial charge in [0.2, 0.25) is 0 Å². The molecular formula is C18H22N2O. The Morgan fingerprint density at radius 2 is 2.19 bits per heavy atom. The van der Waals surface area contributed by atoms with Crippen molar-refractivity contribution < 1.29 is 4.74 Å². The lowest BCUT2D eigenvalue weighted by molar-refractivity contribution is 0.392. The van der Waals surface area contributed by atoms with E-state index >= 15 is 0 Å². The summed E-state index contributed by atoms with van der Waals surface area (Å²) in [5.41, 5.74) is 11.4. The zero-order valence-electron chi connectivity index (χ0n) is 12.7. The Morgan fingerprint density at radius 1 is 1.33 bits per heavy atom. The third-order valence-electron chi connectivity index (χ3n) is 4.42. The number of aromatic nitrogens is 1. The van der Waals surface area contributed by atoms with Gasteiger partial charge in [-0.05, 0) is 49.4 Å². The maximum atomic E-state index is 6.59. The van der Waals surface area contributed by atoms with Crippen molar-refractivity contribution in [2.24, 2.45) is 5.73 Å². The minimum atomic E-state index is -0.0745. The van der Waals surface area contributed by atoms with Crippen LogP contribution < -0.4 is 10.5 Å². The molecule has 3 rings (SSSR count). The van der Waals surface area contributed by atoms with Gasteiger partial charge in [0.1, 0.15) is 5.75 Å². The highest BCUT2D eigenvalue weighted by atomic mass is 16.5. The summed E-state index contributed by atoms with van der Waals surface area (Å²) >= 11 is 0. The van der Waals surface area contributed by atoms with Gasteiger partial charge < -0.3 is 10.5 Å². The Kier molecular flexibility index (Phi) is 3.93. The van der Waals surface area contributed by atoms with Crippen molar-refractivity contribution in [2.45, 2.75) is 38.1 Å². The van der Waals surface area contributed by atoms with E-state index in [1.54, 1.807) is 7.11 Å². The fourth-order valence-electron chi connectivity index (χ4n) is 3.31. The Morgan fingerprint density at radius 3 is 3.00 bits per heavy atom. The molecule has 2 N–H and O–H groups in total. The first-order valence-electron chi connectivity index (χ1n) is 7.54. The van der Waals surface area contributed by atoms with E-state index in [9.17, 15) is 0 Å². The molecule has 1 heterocycles. The normalized spacial score (nSPS) is 18.9. The zero-order chi connectivity index (χ0) is 14.8. The lowest BCUT2D eigenvalue weighted by Crippen LogP contribution is -2.25. The number of methoxy groups -OCH3 is 1. The lowest BCUT2D eigenvalue weighted by Gasteiger charge is -2.30. The van der Waals surface area contributed by atoms with E-state index in [0.717, 1.165) is 24.2 Å². The Bertz CT molecular complexity index is 639. The standard InChI is InChI=1S/C18H22N2O/c1-12-8-9-14(16(11-12)21-2)17(19)15-7-3-5-13-6-4-10-20-18(13)15/h4,6,8-11,15,17H,3,5,7,19H2,1-2H3. The predicted molar refractivity (Wildman–Crippen MR) is 84.6 cm³/mol. The first-order valence-corrected chi connectivity index (χ1v) is 7.54. The average Bonchev–Trinajstić information content (AvgIpc) is 2.53. The maximum Gasteiger partial charge on any atom is 0.123 e. The highest BCUT2D eigenvalue weighted by Crippen LogP contribution is 2.40. The van der Waals surface area contributed by atoms with Crippen molar-refractivity contribution in [2.75, 3.05) is 7.11 Å². The highest BCUT2D eigenvalue weighted by Gasteiger charge is 2.29. The van der Waals surface area contributed by atoms with E-state index in [-0.39, 0.29) is 12.0 Å². The number of rotatable bonds is 3. The fraction of sp³-hybridized carbons (Fsp3) is 0.389. The molecule has 1 aromatic heterocycles. The van der Waals surface area contributed by atoms with E-state index in [1.165, 1.54) is 23.2 Å². The number of benzene rings is 1. The van der Waals surface area contributed by atoms with E-state index in [0.29, 0.717) is 0 Å². The number of ether oxygens (including phenoxy) is 1. The molecule has 0 bridgehead atoms. The Hall–Kier alpha value is -1.87. The summed E-state index contributed by atoms with van der Waals surface area (Å²) in [7, 11) is 1.71. The second kappa shape index (κ2) is 5.86. The molecule has 0 amide bonds. The van der Waals surface area contributed by atoms with Crippen LogP contribution in [0.3, 0.4) is 0 Å². The van der Waals surface area contributed by atoms with Crippen LogP contribution >= 0.6 is 0 Å². The van der Waals surface area contributed by atoms with Crippen LogP contribution in [-0.2, 0) is 6.42 Å². The Balaban J connectivity index is 1.98. The number of aryl methyl sites for hydroxylation is 2. The van der Waals surface area contributed by atoms with Gasteiger partial charge >= 0.3 is 0 Å². The molecule has 0 radical (unpaired) electrons. The lowest BCUT2D eigenvalue weighted by atomic mass is 9.79. The number of hydrogen-bond acceptors (Lipinski definition) is 3. The van der Waals surface area contributed by atoms with Crippen LogP contribution in [0.5, 0.6) is 5.75 Å². The average molecular weight is 282 g/mol. The van der Waals surface area contributed by atoms with E-state index in [2.05, 4.69) is 36.2 Å². The summed E-state index contributed by atoms with van der Waals surface area (Å²) in [5.74, 6) is 1.15. The van der Waals surface area contributed by atoms with Gasteiger partial charge in [0.15, 0.2) is 0 Å². The van der Waals surface area contributed by atoms with Crippen LogP contribution in [0.1, 0.15) is 47.2 Å². The molecule has 3 nitrogen and oxygen atoms in total. The smallest absolute Gasteiger partial charge is 0.123 e. The van der Waals surface area contributed by atoms with Crippen molar-refractivity contribution in [1.82, 2.24) is 4.98 Å². The second-order valence-electron chi connectivity index (χ2n) is 5.82. The van der Waals surface area contributed by atoms with Gasteiger partial charge in [0.05, 0.1) is 7.11 Å². The number of nitrogens with zero attached hydrogens (tertiary/aromatic N) is 1. The van der Waals surface area contributed by atoms with Gasteiger partial charge in [0, 0.05) is 29.4 Å². The number of hydrogen-bond donors (Lipinski definition) is 1. The van der Waals surface area contributed by atoms with Crippen molar-refractivity contribution in [3.8, 4) is 5.75 Å². The minimum absolute atomic E-state index is 0.0745. The molecule has 1 aliphatic carbocycles. The van der Waals surface area contributed by atoms with E-state index in [1.807, 2.05) is 12.3 Å². The number of fused-ring (bicyclic) bond motifs is 1. The SMILES string of the molecule is COc1cc(C)ccc1C(N)C1CCCc2cccnc21. The number of nitrogens with two attached hydrogens (primary N) is 1. The minimum Gasteiger partial charge on any atom is -0.496 e. The summed E-state index contributed by atoms with van der Waals surface area (Å²) in [5, 5.41) is 0. The van der Waals surface area contributed by atoms with Gasteiger partial charge in [-0.1, -0.05) is 18.2 Å². The van der Waals surface area contributed by atoms with Crippen LogP contribution in [0.25, 0.3) is 0 Å². The molecule has 0 aliphatic heterocycles. The summed E-state index contributed by atoms with van der Waals surface area (Å²) in [6, 6.07) is 10.4. The first kappa shape index (κ1) is 14.1. The molecule has 110 valence electrons. The van der Waals surface area contributed by atoms with Crippen LogP contribution in [0.2, 0.25) is 0 Å². The zero-order valence-corrected chi connectivity index (χ0v) is 12.7. The largest absolute Gasteiger partial charge is 0.496 e. The Labute approximate surface area is 126 Å². The third-order valence-corrected chi connectivity index (χ3v) is 4.42. The molecule has 0 saturated carbocycles. The van der Waals surface area contributed by atoms with Crippen LogP contribution in [-0.4, -0.2) is 12.1 Å². The van der Waals surface area contributed by atoms with Crippen molar-refractivity contribution >= 4 is 0 Å². The third kappa shape index (κ3) is 2.66. The quantitative estimate of drug-likeness (QED) is 0.937. The van der Waals surface area contributed by atoms with Crippen LogP contribution in [0.4, 0.5) is 0 Å². The van der Waals surface area contributed by atoms with Crippen molar-refractivity contribution in [3.05, 3.63) is 58.9 Å². The monoisotopic (exact) mass is 282 g/mol. The molecule has 1 aromatic carbocycles. The maximum absolute atomic E-state index is 6.59. The fourth-order valence-corrected chi connectivity index (χ4v) is 3.31. The van der Waals surface area contributed by atoms with E-state index < -0.39 is 0 Å². The van der Waals surface area contributed by atoms with Gasteiger partial charge in [-0.3, -0.25) is 4.98 Å². The second-order valence-corrected chi connectivity index (χ2v) is 5.82. The molecule has 0 saturated heterocycles. The molecule has 0 fully saturated rings. The van der Waals surface area contributed by atoms with Crippen LogP contribution in [0.15, 0.2) is 36.5 Å². The molecule has 2 unspecified atom stereocenters. The topological polar surface area (TPSA) is 48.1 Å². The number of pyridine rings is 1. The molecule has 21 heavy (non-hydrogen) atoms. The van der Waals surface area contributed by atoms with Gasteiger partial charge in [-0.15, -0.1) is 0 Å². The van der Waals surface area contributed by atoms with E-state index in [4.69, 9.17) is 10.5 Å². The van der Waals surface area contributed by atoms with Gasteiger partial charge in [-0.2, -0.15) is 0 Å².